The Balaban J connectivity index is 2.49. The summed E-state index contributed by atoms with van der Waals surface area (Å²) in [6.07, 6.45) is 0. The number of hydrogen-bond acceptors (Lipinski definition) is 6. The summed E-state index contributed by atoms with van der Waals surface area (Å²) in [6.45, 7) is 0. The second kappa shape index (κ2) is 7.38. The van der Waals surface area contributed by atoms with Crippen molar-refractivity contribution in [1.29, 1.82) is 0 Å². The Labute approximate surface area is 156 Å². The molecule has 8 nitrogen and oxygen atoms in total. The van der Waals surface area contributed by atoms with Gasteiger partial charge in [0.1, 0.15) is 0 Å². The van der Waals surface area contributed by atoms with Gasteiger partial charge in [-0.1, -0.05) is 15.9 Å². The number of benzene rings is 2. The Morgan fingerprint density at radius 3 is 2.52 bits per heavy atom. The van der Waals surface area contributed by atoms with Crippen molar-refractivity contribution in [1.82, 2.24) is 0 Å². The average Bonchev–Trinajstić information content (AvgIpc) is 2.55. The van der Waals surface area contributed by atoms with Crippen LogP contribution in [0.3, 0.4) is 0 Å². The number of sulfonamides is 1. The van der Waals surface area contributed by atoms with Crippen molar-refractivity contribution >= 4 is 54.2 Å². The number of methoxy groups -OCH3 is 1. The third kappa shape index (κ3) is 4.27. The van der Waals surface area contributed by atoms with Gasteiger partial charge in [0, 0.05) is 10.5 Å². The molecule has 0 bridgehead atoms. The fourth-order valence-electron chi connectivity index (χ4n) is 1.95. The van der Waals surface area contributed by atoms with Gasteiger partial charge in [-0.15, -0.1) is 0 Å². The highest BCUT2D eigenvalue weighted by atomic mass is 79.9. The molecular formula is C14H10BrClN2O6S. The SMILES string of the molecule is COc1ccc(S(=O)(=O)Nc2ccc(Br)cc2C(=O)Cl)cc1[N+](=O)[O-]. The van der Waals surface area contributed by atoms with E-state index >= 15 is 0 Å². The number of nitro groups is 1. The smallest absolute Gasteiger partial charge is 0.312 e. The van der Waals surface area contributed by atoms with Gasteiger partial charge in [0.05, 0.1) is 28.2 Å². The van der Waals surface area contributed by atoms with Crippen LogP contribution in [0.4, 0.5) is 11.4 Å². The number of ether oxygens (including phenoxy) is 1. The zero-order chi connectivity index (χ0) is 18.8. The van der Waals surface area contributed by atoms with E-state index in [9.17, 15) is 23.3 Å². The fraction of sp³-hybridized carbons (Fsp3) is 0.0714. The molecule has 0 aliphatic rings. The molecule has 0 atom stereocenters. The van der Waals surface area contributed by atoms with Crippen molar-refractivity contribution < 1.29 is 22.9 Å². The third-order valence-electron chi connectivity index (χ3n) is 3.10. The lowest BCUT2D eigenvalue weighted by molar-refractivity contribution is -0.386. The number of carbonyl (C=O) groups is 1. The van der Waals surface area contributed by atoms with Gasteiger partial charge in [-0.25, -0.2) is 8.42 Å². The number of anilines is 1. The van der Waals surface area contributed by atoms with Gasteiger partial charge in [-0.3, -0.25) is 19.6 Å². The molecule has 0 saturated carbocycles. The van der Waals surface area contributed by atoms with E-state index in [1.807, 2.05) is 0 Å². The molecule has 11 heteroatoms. The summed E-state index contributed by atoms with van der Waals surface area (Å²) in [5.74, 6) is -0.0794. The van der Waals surface area contributed by atoms with Gasteiger partial charge in [0.25, 0.3) is 15.3 Å². The monoisotopic (exact) mass is 448 g/mol. The first-order valence-electron chi connectivity index (χ1n) is 6.50. The molecule has 0 fully saturated rings. The topological polar surface area (TPSA) is 116 Å². The molecule has 132 valence electrons. The lowest BCUT2D eigenvalue weighted by Gasteiger charge is -2.11. The lowest BCUT2D eigenvalue weighted by Crippen LogP contribution is -2.15. The second-order valence-electron chi connectivity index (χ2n) is 4.66. The Morgan fingerprint density at radius 2 is 1.96 bits per heavy atom. The summed E-state index contributed by atoms with van der Waals surface area (Å²) in [5.41, 5.74) is -0.626. The minimum Gasteiger partial charge on any atom is -0.490 e. The molecule has 1 N–H and O–H groups in total. The molecule has 2 rings (SSSR count). The zero-order valence-electron chi connectivity index (χ0n) is 12.5. The maximum atomic E-state index is 12.5. The van der Waals surface area contributed by atoms with E-state index in [1.165, 1.54) is 31.4 Å². The van der Waals surface area contributed by atoms with Crippen LogP contribution in [-0.2, 0) is 10.0 Å². The van der Waals surface area contributed by atoms with Gasteiger partial charge in [-0.05, 0) is 41.9 Å². The van der Waals surface area contributed by atoms with Crippen LogP contribution in [-0.4, -0.2) is 25.7 Å². The largest absolute Gasteiger partial charge is 0.490 e. The van der Waals surface area contributed by atoms with Crippen LogP contribution in [0.5, 0.6) is 5.75 Å². The van der Waals surface area contributed by atoms with E-state index in [-0.39, 0.29) is 21.9 Å². The van der Waals surface area contributed by atoms with Crippen LogP contribution < -0.4 is 9.46 Å². The van der Waals surface area contributed by atoms with E-state index in [0.717, 1.165) is 12.1 Å². The molecule has 0 radical (unpaired) electrons. The molecule has 0 saturated heterocycles. The fourth-order valence-corrected chi connectivity index (χ4v) is 3.57. The summed E-state index contributed by atoms with van der Waals surface area (Å²) in [4.78, 5) is 21.4. The zero-order valence-corrected chi connectivity index (χ0v) is 15.7. The Hall–Kier alpha value is -2.17. The van der Waals surface area contributed by atoms with Gasteiger partial charge >= 0.3 is 5.69 Å². The van der Waals surface area contributed by atoms with Crippen LogP contribution in [0, 0.1) is 10.1 Å². The van der Waals surface area contributed by atoms with E-state index in [0.29, 0.717) is 4.47 Å². The molecule has 2 aromatic rings. The standard InChI is InChI=1S/C14H10BrClN2O6S/c1-24-13-5-3-9(7-12(13)18(20)21)25(22,23)17-11-4-2-8(15)6-10(11)14(16)19/h2-7,17H,1H3. The summed E-state index contributed by atoms with van der Waals surface area (Å²) in [5, 5.41) is 10.2. The molecular weight excluding hydrogens is 440 g/mol. The molecule has 0 spiro atoms. The Morgan fingerprint density at radius 1 is 1.28 bits per heavy atom. The maximum Gasteiger partial charge on any atom is 0.312 e. The Kier molecular flexibility index (Phi) is 5.65. The quantitative estimate of drug-likeness (QED) is 0.410. The number of carbonyl (C=O) groups excluding carboxylic acids is 1. The van der Waals surface area contributed by atoms with Crippen LogP contribution >= 0.6 is 27.5 Å². The molecule has 0 amide bonds. The second-order valence-corrected chi connectivity index (χ2v) is 7.60. The number of rotatable bonds is 6. The predicted octanol–water partition coefficient (Wildman–Crippen LogP) is 3.55. The predicted molar refractivity (Wildman–Crippen MR) is 94.8 cm³/mol. The number of hydrogen-bond donors (Lipinski definition) is 1. The summed E-state index contributed by atoms with van der Waals surface area (Å²) in [7, 11) is -2.97. The van der Waals surface area contributed by atoms with E-state index < -0.39 is 25.9 Å². The third-order valence-corrected chi connectivity index (χ3v) is 5.16. The van der Waals surface area contributed by atoms with Crippen molar-refractivity contribution in [3.05, 3.63) is 56.5 Å². The highest BCUT2D eigenvalue weighted by Gasteiger charge is 2.23. The van der Waals surface area contributed by atoms with E-state index in [2.05, 4.69) is 20.7 Å². The first-order valence-corrected chi connectivity index (χ1v) is 9.15. The number of halogens is 2. The van der Waals surface area contributed by atoms with Crippen molar-refractivity contribution in [2.24, 2.45) is 0 Å². The normalized spacial score (nSPS) is 11.0. The minimum atomic E-state index is -4.20. The van der Waals surface area contributed by atoms with Gasteiger partial charge < -0.3 is 4.74 Å². The van der Waals surface area contributed by atoms with Crippen molar-refractivity contribution in [2.45, 2.75) is 4.90 Å². The van der Waals surface area contributed by atoms with E-state index in [4.69, 9.17) is 16.3 Å². The van der Waals surface area contributed by atoms with Crippen molar-refractivity contribution in [3.8, 4) is 5.75 Å². The molecule has 2 aromatic carbocycles. The first kappa shape index (κ1) is 19.2. The van der Waals surface area contributed by atoms with E-state index in [1.54, 1.807) is 0 Å². The highest BCUT2D eigenvalue weighted by Crippen LogP contribution is 2.31. The van der Waals surface area contributed by atoms with Crippen molar-refractivity contribution in [3.63, 3.8) is 0 Å². The highest BCUT2D eigenvalue weighted by molar-refractivity contribution is 9.10. The molecule has 0 aliphatic carbocycles. The average molecular weight is 450 g/mol. The van der Waals surface area contributed by atoms with Gasteiger partial charge in [0.2, 0.25) is 0 Å². The summed E-state index contributed by atoms with van der Waals surface area (Å²) < 4.78 is 32.5. The molecule has 0 heterocycles. The summed E-state index contributed by atoms with van der Waals surface area (Å²) in [6, 6.07) is 7.38. The molecule has 0 aromatic heterocycles. The maximum absolute atomic E-state index is 12.5. The number of nitrogens with zero attached hydrogens (tertiary/aromatic N) is 1. The molecule has 0 aliphatic heterocycles. The van der Waals surface area contributed by atoms with Crippen LogP contribution in [0.25, 0.3) is 0 Å². The van der Waals surface area contributed by atoms with Gasteiger partial charge in [-0.2, -0.15) is 0 Å². The molecule has 25 heavy (non-hydrogen) atoms. The number of nitro benzene ring substituents is 1. The lowest BCUT2D eigenvalue weighted by atomic mass is 10.2. The first-order chi connectivity index (χ1) is 11.7. The number of nitrogens with one attached hydrogen (secondary N) is 1. The minimum absolute atomic E-state index is 0.0540. The summed E-state index contributed by atoms with van der Waals surface area (Å²) >= 11 is 8.61. The Bertz CT molecular complexity index is 964. The van der Waals surface area contributed by atoms with Crippen LogP contribution in [0.2, 0.25) is 0 Å². The molecule has 0 unspecified atom stereocenters. The van der Waals surface area contributed by atoms with Gasteiger partial charge in [0.15, 0.2) is 5.75 Å². The van der Waals surface area contributed by atoms with Crippen LogP contribution in [0.15, 0.2) is 45.8 Å². The van der Waals surface area contributed by atoms with Crippen LogP contribution in [0.1, 0.15) is 10.4 Å². The van der Waals surface area contributed by atoms with Crippen molar-refractivity contribution in [2.75, 3.05) is 11.8 Å².